The van der Waals surface area contributed by atoms with Gasteiger partial charge in [-0.25, -0.2) is 0 Å². The highest BCUT2D eigenvalue weighted by Crippen LogP contribution is 2.34. The molecule has 1 heterocycles. The summed E-state index contributed by atoms with van der Waals surface area (Å²) >= 11 is 0. The number of benzene rings is 3. The average Bonchev–Trinajstić information content (AvgIpc) is 2.84. The van der Waals surface area contributed by atoms with Gasteiger partial charge in [-0.1, -0.05) is 60.2 Å². The number of carbonyl (C=O) groups is 1. The summed E-state index contributed by atoms with van der Waals surface area (Å²) in [4.78, 5) is 20.6. The molecule has 0 atom stereocenters. The van der Waals surface area contributed by atoms with E-state index in [-0.39, 0.29) is 5.78 Å². The van der Waals surface area contributed by atoms with Gasteiger partial charge in [-0.3, -0.25) is 9.78 Å². The first-order valence-electron chi connectivity index (χ1n) is 11.6. The minimum Gasteiger partial charge on any atom is -0.372 e. The minimum absolute atomic E-state index is 0.0323. The molecule has 0 N–H and O–H groups in total. The smallest absolute Gasteiger partial charge is 0.188 e. The second-order valence-electron chi connectivity index (χ2n) is 8.30. The number of carbonyl (C=O) groups excluding carboxylic acids is 1. The van der Waals surface area contributed by atoms with Crippen LogP contribution in [0.1, 0.15) is 41.0 Å². The molecule has 0 amide bonds. The fraction of sp³-hybridized carbons (Fsp3) is 0.200. The number of ketones is 1. The summed E-state index contributed by atoms with van der Waals surface area (Å²) < 4.78 is 0. The SMILES string of the molecule is CCN(CC)c1ccc(/C=C/C(=O)c2c(C)nc3ccc(C)cc3c2-c2ccccc2)cc1. The van der Waals surface area contributed by atoms with E-state index in [9.17, 15) is 4.79 Å². The maximum Gasteiger partial charge on any atom is 0.188 e. The van der Waals surface area contributed by atoms with Crippen LogP contribution in [0.25, 0.3) is 28.1 Å². The maximum atomic E-state index is 13.5. The molecule has 0 saturated carbocycles. The number of fused-ring (bicyclic) bond motifs is 1. The van der Waals surface area contributed by atoms with Gasteiger partial charge in [0.25, 0.3) is 0 Å². The van der Waals surface area contributed by atoms with Gasteiger partial charge >= 0.3 is 0 Å². The Morgan fingerprint density at radius 1 is 0.909 bits per heavy atom. The van der Waals surface area contributed by atoms with Crippen molar-refractivity contribution in [2.45, 2.75) is 27.7 Å². The Morgan fingerprint density at radius 3 is 2.27 bits per heavy atom. The lowest BCUT2D eigenvalue weighted by Gasteiger charge is -2.20. The standard InChI is InChI=1S/C30H30N2O/c1-5-32(6-2)25-16-13-23(14-17-25)15-19-28(33)29-22(4)31-27-18-12-21(3)20-26(27)30(29)24-10-8-7-9-11-24/h7-20H,5-6H2,1-4H3/b19-15+. The Bertz CT molecular complexity index is 1300. The molecule has 4 aromatic rings. The van der Waals surface area contributed by atoms with E-state index in [0.29, 0.717) is 5.56 Å². The average molecular weight is 435 g/mol. The lowest BCUT2D eigenvalue weighted by Crippen LogP contribution is -2.21. The number of pyridine rings is 1. The van der Waals surface area contributed by atoms with Gasteiger partial charge in [0.1, 0.15) is 0 Å². The van der Waals surface area contributed by atoms with Gasteiger partial charge in [-0.15, -0.1) is 0 Å². The van der Waals surface area contributed by atoms with Crippen LogP contribution in [0, 0.1) is 13.8 Å². The molecule has 4 rings (SSSR count). The number of rotatable bonds is 7. The molecule has 3 heteroatoms. The Hall–Kier alpha value is -3.72. The van der Waals surface area contributed by atoms with Gasteiger partial charge in [0.05, 0.1) is 11.1 Å². The van der Waals surface area contributed by atoms with Gasteiger partial charge in [-0.2, -0.15) is 0 Å². The molecule has 1 aromatic heterocycles. The van der Waals surface area contributed by atoms with Crippen molar-refractivity contribution in [2.75, 3.05) is 18.0 Å². The summed E-state index contributed by atoms with van der Waals surface area (Å²) in [5, 5.41) is 1.01. The molecule has 0 radical (unpaired) electrons. The van der Waals surface area contributed by atoms with E-state index < -0.39 is 0 Å². The van der Waals surface area contributed by atoms with Gasteiger partial charge in [0.2, 0.25) is 0 Å². The van der Waals surface area contributed by atoms with Gasteiger partial charge in [-0.05, 0) is 69.2 Å². The highest BCUT2D eigenvalue weighted by Gasteiger charge is 2.19. The van der Waals surface area contributed by atoms with Crippen molar-refractivity contribution < 1.29 is 4.79 Å². The zero-order chi connectivity index (χ0) is 23.4. The number of aryl methyl sites for hydroxylation is 2. The van der Waals surface area contributed by atoms with E-state index in [1.54, 1.807) is 6.08 Å². The van der Waals surface area contributed by atoms with Crippen LogP contribution >= 0.6 is 0 Å². The van der Waals surface area contributed by atoms with E-state index in [1.165, 1.54) is 5.69 Å². The molecule has 0 spiro atoms. The largest absolute Gasteiger partial charge is 0.372 e. The van der Waals surface area contributed by atoms with Crippen LogP contribution in [-0.4, -0.2) is 23.9 Å². The van der Waals surface area contributed by atoms with Crippen LogP contribution in [-0.2, 0) is 0 Å². The number of nitrogens with zero attached hydrogens (tertiary/aromatic N) is 2. The summed E-state index contributed by atoms with van der Waals surface area (Å²) in [6, 6.07) is 24.7. The predicted octanol–water partition coefficient (Wildman–Crippen LogP) is 7.26. The van der Waals surface area contributed by atoms with Crippen LogP contribution in [0.5, 0.6) is 0 Å². The van der Waals surface area contributed by atoms with Crippen molar-refractivity contribution in [1.29, 1.82) is 0 Å². The number of hydrogen-bond donors (Lipinski definition) is 0. The summed E-state index contributed by atoms with van der Waals surface area (Å²) in [5.41, 5.74) is 7.64. The van der Waals surface area contributed by atoms with Crippen molar-refractivity contribution in [2.24, 2.45) is 0 Å². The van der Waals surface area contributed by atoms with Gasteiger partial charge in [0.15, 0.2) is 5.78 Å². The number of aromatic nitrogens is 1. The molecule has 0 aliphatic heterocycles. The number of anilines is 1. The van der Waals surface area contributed by atoms with E-state index >= 15 is 0 Å². The van der Waals surface area contributed by atoms with Crippen LogP contribution in [0.15, 0.2) is 78.9 Å². The number of allylic oxidation sites excluding steroid dienone is 1. The normalized spacial score (nSPS) is 11.3. The molecule has 166 valence electrons. The lowest BCUT2D eigenvalue weighted by molar-refractivity contribution is 0.104. The van der Waals surface area contributed by atoms with Gasteiger partial charge in [0, 0.05) is 35.4 Å². The Morgan fingerprint density at radius 2 is 1.61 bits per heavy atom. The Kier molecular flexibility index (Phi) is 6.69. The zero-order valence-corrected chi connectivity index (χ0v) is 19.8. The third kappa shape index (κ3) is 4.73. The van der Waals surface area contributed by atoms with Gasteiger partial charge < -0.3 is 4.90 Å². The molecular formula is C30H30N2O. The van der Waals surface area contributed by atoms with Crippen LogP contribution < -0.4 is 4.90 Å². The molecule has 3 nitrogen and oxygen atoms in total. The second-order valence-corrected chi connectivity index (χ2v) is 8.30. The first-order valence-corrected chi connectivity index (χ1v) is 11.6. The summed E-state index contributed by atoms with van der Waals surface area (Å²) in [6.45, 7) is 10.2. The monoisotopic (exact) mass is 434 g/mol. The first-order chi connectivity index (χ1) is 16.0. The number of hydrogen-bond acceptors (Lipinski definition) is 3. The Balaban J connectivity index is 1.76. The van der Waals surface area contributed by atoms with Crippen molar-refractivity contribution in [3.8, 4) is 11.1 Å². The lowest BCUT2D eigenvalue weighted by atomic mass is 9.91. The fourth-order valence-corrected chi connectivity index (χ4v) is 4.35. The van der Waals surface area contributed by atoms with Crippen molar-refractivity contribution in [3.05, 3.63) is 101 Å². The molecule has 0 aliphatic carbocycles. The fourth-order valence-electron chi connectivity index (χ4n) is 4.35. The van der Waals surface area contributed by atoms with E-state index in [1.807, 2.05) is 37.3 Å². The second kappa shape index (κ2) is 9.83. The highest BCUT2D eigenvalue weighted by atomic mass is 16.1. The van der Waals surface area contributed by atoms with Crippen molar-refractivity contribution in [1.82, 2.24) is 4.98 Å². The first kappa shape index (κ1) is 22.5. The molecular weight excluding hydrogens is 404 g/mol. The quantitative estimate of drug-likeness (QED) is 0.227. The maximum absolute atomic E-state index is 13.5. The third-order valence-corrected chi connectivity index (χ3v) is 6.08. The zero-order valence-electron chi connectivity index (χ0n) is 19.8. The van der Waals surface area contributed by atoms with Crippen LogP contribution in [0.3, 0.4) is 0 Å². The molecule has 0 fully saturated rings. The Labute approximate surface area is 196 Å². The molecule has 3 aromatic carbocycles. The van der Waals surface area contributed by atoms with Crippen molar-refractivity contribution >= 4 is 28.4 Å². The summed E-state index contributed by atoms with van der Waals surface area (Å²) in [6.07, 6.45) is 3.56. The van der Waals surface area contributed by atoms with E-state index in [4.69, 9.17) is 4.98 Å². The molecule has 0 bridgehead atoms. The van der Waals surface area contributed by atoms with E-state index in [2.05, 4.69) is 74.2 Å². The van der Waals surface area contributed by atoms with Crippen LogP contribution in [0.2, 0.25) is 0 Å². The summed E-state index contributed by atoms with van der Waals surface area (Å²) in [7, 11) is 0. The van der Waals surface area contributed by atoms with Crippen LogP contribution in [0.4, 0.5) is 5.69 Å². The molecule has 0 saturated heterocycles. The van der Waals surface area contributed by atoms with E-state index in [0.717, 1.165) is 51.9 Å². The molecule has 33 heavy (non-hydrogen) atoms. The molecule has 0 unspecified atom stereocenters. The topological polar surface area (TPSA) is 33.2 Å². The minimum atomic E-state index is -0.0323. The predicted molar refractivity (Wildman–Crippen MR) is 140 cm³/mol. The molecule has 0 aliphatic rings. The summed E-state index contributed by atoms with van der Waals surface area (Å²) in [5.74, 6) is -0.0323. The third-order valence-electron chi connectivity index (χ3n) is 6.08. The highest BCUT2D eigenvalue weighted by molar-refractivity contribution is 6.16. The van der Waals surface area contributed by atoms with Crippen molar-refractivity contribution in [3.63, 3.8) is 0 Å².